The molecule has 4 aromatic rings. The molecule has 0 radical (unpaired) electrons. The third kappa shape index (κ3) is 3.36. The molecule has 1 aliphatic rings. The lowest BCUT2D eigenvalue weighted by atomic mass is 10.3. The summed E-state index contributed by atoms with van der Waals surface area (Å²) in [5, 5.41) is 12.6. The summed E-state index contributed by atoms with van der Waals surface area (Å²) < 4.78 is 29.5. The lowest BCUT2D eigenvalue weighted by Gasteiger charge is -2.33. The van der Waals surface area contributed by atoms with E-state index in [1.165, 1.54) is 10.5 Å². The predicted molar refractivity (Wildman–Crippen MR) is 109 cm³/mol. The highest BCUT2D eigenvalue weighted by molar-refractivity contribution is 7.89. The molecular weight excluding hydrogens is 404 g/mol. The molecule has 10 nitrogen and oxygen atoms in total. The van der Waals surface area contributed by atoms with E-state index in [2.05, 4.69) is 30.4 Å². The normalized spacial score (nSPS) is 16.3. The Bertz CT molecular complexity index is 1260. The van der Waals surface area contributed by atoms with Gasteiger partial charge in [-0.3, -0.25) is 4.90 Å². The van der Waals surface area contributed by atoms with Crippen molar-refractivity contribution in [2.75, 3.05) is 26.2 Å². The van der Waals surface area contributed by atoms with Crippen LogP contribution in [-0.2, 0) is 16.6 Å². The standard InChI is InChI=1S/C19H20N8O2S/c28-30(29,17-13-21-19-16(17)7-4-8-20-19)26-11-9-25(10-12-26)14-18-22-23-24-27(18)15-5-2-1-3-6-15/h1-8,13H,9-12,14H2,(H,20,21). The van der Waals surface area contributed by atoms with Crippen molar-refractivity contribution in [1.82, 2.24) is 39.4 Å². The summed E-state index contributed by atoms with van der Waals surface area (Å²) in [5.41, 5.74) is 1.47. The largest absolute Gasteiger partial charge is 0.345 e. The van der Waals surface area contributed by atoms with Gasteiger partial charge in [0.15, 0.2) is 5.82 Å². The molecule has 0 spiro atoms. The van der Waals surface area contributed by atoms with Crippen LogP contribution in [0.4, 0.5) is 0 Å². The Labute approximate surface area is 173 Å². The molecule has 0 unspecified atom stereocenters. The number of piperazine rings is 1. The van der Waals surface area contributed by atoms with E-state index in [9.17, 15) is 8.42 Å². The second kappa shape index (κ2) is 7.59. The third-order valence-corrected chi connectivity index (χ3v) is 7.20. The van der Waals surface area contributed by atoms with Gasteiger partial charge in [0.25, 0.3) is 0 Å². The number of para-hydroxylation sites is 1. The summed E-state index contributed by atoms with van der Waals surface area (Å²) in [6, 6.07) is 13.2. The highest BCUT2D eigenvalue weighted by Crippen LogP contribution is 2.25. The highest BCUT2D eigenvalue weighted by atomic mass is 32.2. The van der Waals surface area contributed by atoms with Gasteiger partial charge in [-0.05, 0) is 34.7 Å². The molecule has 1 saturated heterocycles. The van der Waals surface area contributed by atoms with Crippen LogP contribution in [0.1, 0.15) is 5.82 Å². The van der Waals surface area contributed by atoms with Crippen LogP contribution in [0.5, 0.6) is 0 Å². The van der Waals surface area contributed by atoms with Crippen molar-refractivity contribution in [3.63, 3.8) is 0 Å². The number of tetrazole rings is 1. The highest BCUT2D eigenvalue weighted by Gasteiger charge is 2.31. The molecule has 1 fully saturated rings. The SMILES string of the molecule is O=S(=O)(c1c[nH]c2ncccc12)N1CCN(Cc2nnnn2-c2ccccc2)CC1. The second-order valence-corrected chi connectivity index (χ2v) is 8.98. The Kier molecular flexibility index (Phi) is 4.77. The number of sulfonamides is 1. The minimum Gasteiger partial charge on any atom is -0.345 e. The van der Waals surface area contributed by atoms with Gasteiger partial charge in [0, 0.05) is 44.0 Å². The lowest BCUT2D eigenvalue weighted by molar-refractivity contribution is 0.177. The van der Waals surface area contributed by atoms with Gasteiger partial charge in [0.1, 0.15) is 10.5 Å². The number of aromatic nitrogens is 6. The monoisotopic (exact) mass is 424 g/mol. The summed E-state index contributed by atoms with van der Waals surface area (Å²) >= 11 is 0. The first-order valence-corrected chi connectivity index (χ1v) is 11.0. The summed E-state index contributed by atoms with van der Waals surface area (Å²) in [6.07, 6.45) is 3.16. The Balaban J connectivity index is 1.29. The minimum atomic E-state index is -3.59. The van der Waals surface area contributed by atoms with Crippen molar-refractivity contribution < 1.29 is 8.42 Å². The van der Waals surface area contributed by atoms with E-state index in [0.717, 1.165) is 11.5 Å². The Morgan fingerprint density at radius 3 is 2.60 bits per heavy atom. The van der Waals surface area contributed by atoms with Crippen LogP contribution in [-0.4, -0.2) is 74.0 Å². The van der Waals surface area contributed by atoms with Gasteiger partial charge >= 0.3 is 0 Å². The molecule has 1 aromatic carbocycles. The predicted octanol–water partition coefficient (Wildman–Crippen LogP) is 1.05. The van der Waals surface area contributed by atoms with Crippen LogP contribution >= 0.6 is 0 Å². The van der Waals surface area contributed by atoms with E-state index in [1.807, 2.05) is 30.3 Å². The van der Waals surface area contributed by atoms with Crippen LogP contribution in [0.25, 0.3) is 16.7 Å². The fourth-order valence-corrected chi connectivity index (χ4v) is 5.26. The first kappa shape index (κ1) is 18.9. The third-order valence-electron chi connectivity index (χ3n) is 5.26. The Morgan fingerprint density at radius 1 is 1.00 bits per heavy atom. The molecule has 4 heterocycles. The van der Waals surface area contributed by atoms with Gasteiger partial charge in [0.2, 0.25) is 10.0 Å². The van der Waals surface area contributed by atoms with E-state index in [1.54, 1.807) is 23.0 Å². The number of pyridine rings is 1. The molecule has 154 valence electrons. The maximum Gasteiger partial charge on any atom is 0.245 e. The molecule has 0 atom stereocenters. The molecule has 0 amide bonds. The van der Waals surface area contributed by atoms with E-state index in [0.29, 0.717) is 43.8 Å². The zero-order valence-corrected chi connectivity index (χ0v) is 16.9. The fraction of sp³-hybridized carbons (Fsp3) is 0.263. The summed E-state index contributed by atoms with van der Waals surface area (Å²) in [7, 11) is -3.59. The molecule has 0 saturated carbocycles. The number of nitrogens with zero attached hydrogens (tertiary/aromatic N) is 7. The molecular formula is C19H20N8O2S. The van der Waals surface area contributed by atoms with E-state index in [4.69, 9.17) is 0 Å². The van der Waals surface area contributed by atoms with E-state index in [-0.39, 0.29) is 4.90 Å². The van der Waals surface area contributed by atoms with Crippen LogP contribution < -0.4 is 0 Å². The van der Waals surface area contributed by atoms with Gasteiger partial charge in [-0.15, -0.1) is 5.10 Å². The smallest absolute Gasteiger partial charge is 0.245 e. The van der Waals surface area contributed by atoms with Gasteiger partial charge in [-0.1, -0.05) is 18.2 Å². The van der Waals surface area contributed by atoms with Gasteiger partial charge in [0.05, 0.1) is 12.2 Å². The number of benzene rings is 1. The van der Waals surface area contributed by atoms with Crippen LogP contribution in [0.15, 0.2) is 59.8 Å². The summed E-state index contributed by atoms with van der Waals surface area (Å²) in [4.78, 5) is 9.55. The number of fused-ring (bicyclic) bond motifs is 1. The number of rotatable bonds is 5. The number of aromatic amines is 1. The molecule has 0 aliphatic carbocycles. The topological polar surface area (TPSA) is 113 Å². The maximum atomic E-state index is 13.1. The van der Waals surface area contributed by atoms with Crippen molar-refractivity contribution in [3.8, 4) is 5.69 Å². The van der Waals surface area contributed by atoms with Crippen molar-refractivity contribution in [2.24, 2.45) is 0 Å². The van der Waals surface area contributed by atoms with Crippen LogP contribution in [0, 0.1) is 0 Å². The molecule has 0 bridgehead atoms. The molecule has 11 heteroatoms. The van der Waals surface area contributed by atoms with Gasteiger partial charge < -0.3 is 4.98 Å². The van der Waals surface area contributed by atoms with Gasteiger partial charge in [-0.2, -0.15) is 8.99 Å². The molecule has 3 aromatic heterocycles. The van der Waals surface area contributed by atoms with Crippen molar-refractivity contribution in [2.45, 2.75) is 11.4 Å². The summed E-state index contributed by atoms with van der Waals surface area (Å²) in [5.74, 6) is 0.722. The first-order chi connectivity index (χ1) is 14.6. The zero-order valence-electron chi connectivity index (χ0n) is 16.1. The average molecular weight is 424 g/mol. The maximum absolute atomic E-state index is 13.1. The van der Waals surface area contributed by atoms with E-state index >= 15 is 0 Å². The Morgan fingerprint density at radius 2 is 1.80 bits per heavy atom. The van der Waals surface area contributed by atoms with E-state index < -0.39 is 10.0 Å². The number of H-pyrrole nitrogens is 1. The molecule has 1 aliphatic heterocycles. The fourth-order valence-electron chi connectivity index (χ4n) is 3.69. The Hall–Kier alpha value is -3.15. The number of hydrogen-bond acceptors (Lipinski definition) is 7. The van der Waals surface area contributed by atoms with Crippen molar-refractivity contribution in [1.29, 1.82) is 0 Å². The van der Waals surface area contributed by atoms with Crippen molar-refractivity contribution in [3.05, 3.63) is 60.7 Å². The minimum absolute atomic E-state index is 0.270. The molecule has 5 rings (SSSR count). The molecule has 1 N–H and O–H groups in total. The van der Waals surface area contributed by atoms with Gasteiger partial charge in [-0.25, -0.2) is 13.4 Å². The molecule has 30 heavy (non-hydrogen) atoms. The first-order valence-electron chi connectivity index (χ1n) is 9.60. The second-order valence-electron chi connectivity index (χ2n) is 7.08. The lowest BCUT2D eigenvalue weighted by Crippen LogP contribution is -2.48. The number of hydrogen-bond donors (Lipinski definition) is 1. The van der Waals surface area contributed by atoms with Crippen LogP contribution in [0.3, 0.4) is 0 Å². The van der Waals surface area contributed by atoms with Crippen LogP contribution in [0.2, 0.25) is 0 Å². The quantitative estimate of drug-likeness (QED) is 0.509. The number of nitrogens with one attached hydrogen (secondary N) is 1. The zero-order chi connectivity index (χ0) is 20.6. The van der Waals surface area contributed by atoms with Crippen molar-refractivity contribution >= 4 is 21.1 Å². The average Bonchev–Trinajstić information content (AvgIpc) is 3.42. The summed E-state index contributed by atoms with van der Waals surface area (Å²) in [6.45, 7) is 2.56.